The Balaban J connectivity index is 0.000000774. The van der Waals surface area contributed by atoms with E-state index in [1.165, 1.54) is 0 Å². The maximum atomic E-state index is 12.1. The van der Waals surface area contributed by atoms with E-state index in [4.69, 9.17) is 0 Å². The van der Waals surface area contributed by atoms with E-state index in [9.17, 15) is 4.79 Å². The highest BCUT2D eigenvalue weighted by atomic mass is 16.2. The van der Waals surface area contributed by atoms with Crippen molar-refractivity contribution in [2.45, 2.75) is 34.6 Å². The van der Waals surface area contributed by atoms with Crippen LogP contribution in [0.1, 0.15) is 41.9 Å². The summed E-state index contributed by atoms with van der Waals surface area (Å²) in [5, 5.41) is 2.91. The van der Waals surface area contributed by atoms with Crippen LogP contribution in [0.2, 0.25) is 0 Å². The number of carbonyl (C=O) groups excluding carboxylic acids is 1. The molecular weight excluding hydrogens is 260 g/mol. The summed E-state index contributed by atoms with van der Waals surface area (Å²) in [5.41, 5.74) is 7.02. The second-order valence-electron chi connectivity index (χ2n) is 5.06. The third-order valence-electron chi connectivity index (χ3n) is 3.51. The number of hydrogen-bond acceptors (Lipinski definition) is 1. The summed E-state index contributed by atoms with van der Waals surface area (Å²) in [4.78, 5) is 15.4. The van der Waals surface area contributed by atoms with Crippen molar-refractivity contribution < 1.29 is 4.79 Å². The monoisotopic (exact) mass is 282 g/mol. The number of anilines is 1. The summed E-state index contributed by atoms with van der Waals surface area (Å²) < 4.78 is 0. The highest BCUT2D eigenvalue weighted by Gasteiger charge is 2.25. The fraction of sp³-hybridized carbons (Fsp3) is 0.278. The summed E-state index contributed by atoms with van der Waals surface area (Å²) in [6.07, 6.45) is 1.94. The van der Waals surface area contributed by atoms with Gasteiger partial charge in [-0.1, -0.05) is 26.0 Å². The predicted octanol–water partition coefficient (Wildman–Crippen LogP) is 4.46. The Morgan fingerprint density at radius 1 is 1.05 bits per heavy atom. The number of fused-ring (bicyclic) bond motifs is 1. The molecule has 3 rings (SSSR count). The molecule has 3 nitrogen and oxygen atoms in total. The molecule has 2 N–H and O–H groups in total. The van der Waals surface area contributed by atoms with Gasteiger partial charge < -0.3 is 10.3 Å². The fourth-order valence-corrected chi connectivity index (χ4v) is 2.61. The van der Waals surface area contributed by atoms with E-state index in [-0.39, 0.29) is 5.91 Å². The minimum absolute atomic E-state index is 0.0315. The van der Waals surface area contributed by atoms with Crippen LogP contribution in [0.3, 0.4) is 0 Å². The molecule has 0 unspecified atom stereocenters. The molecule has 1 aromatic carbocycles. The maximum Gasteiger partial charge on any atom is 0.256 e. The molecule has 1 aromatic heterocycles. The van der Waals surface area contributed by atoms with Crippen LogP contribution < -0.4 is 5.32 Å². The molecule has 2 heterocycles. The number of hydrogen-bond donors (Lipinski definition) is 2. The van der Waals surface area contributed by atoms with Gasteiger partial charge in [0.1, 0.15) is 0 Å². The van der Waals surface area contributed by atoms with E-state index in [1.54, 1.807) is 0 Å². The normalized spacial score (nSPS) is 14.5. The zero-order valence-electron chi connectivity index (χ0n) is 13.3. The third kappa shape index (κ3) is 2.77. The molecular formula is C18H22N2O. The Bertz CT molecular complexity index is 708. The molecule has 0 saturated heterocycles. The van der Waals surface area contributed by atoms with E-state index in [1.807, 2.05) is 58.9 Å². The van der Waals surface area contributed by atoms with Crippen molar-refractivity contribution in [1.29, 1.82) is 0 Å². The standard InChI is InChI=1S/C16H16N2O.C2H6/c1-9-5-4-6-13-15(9)12(16(19)18-13)8-14-10(2)7-11(3)17-14;1-2/h4-8,17H,1-3H3,(H,18,19);1-2H3/b12-8-;. The predicted molar refractivity (Wildman–Crippen MR) is 89.3 cm³/mol. The average molecular weight is 282 g/mol. The highest BCUT2D eigenvalue weighted by molar-refractivity contribution is 6.35. The molecule has 0 aliphatic carbocycles. The minimum Gasteiger partial charge on any atom is -0.359 e. The average Bonchev–Trinajstić information content (AvgIpc) is 2.94. The van der Waals surface area contributed by atoms with Crippen molar-refractivity contribution in [3.63, 3.8) is 0 Å². The summed E-state index contributed by atoms with van der Waals surface area (Å²) in [6, 6.07) is 8.01. The van der Waals surface area contributed by atoms with E-state index in [2.05, 4.69) is 16.4 Å². The first kappa shape index (κ1) is 15.1. The van der Waals surface area contributed by atoms with Crippen molar-refractivity contribution in [2.75, 3.05) is 5.32 Å². The lowest BCUT2D eigenvalue weighted by Gasteiger charge is -2.02. The molecule has 1 amide bonds. The van der Waals surface area contributed by atoms with Crippen molar-refractivity contribution in [2.24, 2.45) is 0 Å². The summed E-state index contributed by atoms with van der Waals surface area (Å²) >= 11 is 0. The van der Waals surface area contributed by atoms with Crippen molar-refractivity contribution in [3.05, 3.63) is 52.3 Å². The second kappa shape index (κ2) is 6.00. The molecule has 0 spiro atoms. The molecule has 2 aromatic rings. The number of aromatic amines is 1. The van der Waals surface area contributed by atoms with Crippen LogP contribution in [-0.2, 0) is 4.79 Å². The molecule has 110 valence electrons. The Morgan fingerprint density at radius 2 is 1.76 bits per heavy atom. The lowest BCUT2D eigenvalue weighted by atomic mass is 10.0. The smallest absolute Gasteiger partial charge is 0.256 e. The van der Waals surface area contributed by atoms with E-state index in [0.717, 1.165) is 39.3 Å². The Kier molecular flexibility index (Phi) is 4.32. The van der Waals surface area contributed by atoms with Crippen LogP contribution in [0.15, 0.2) is 24.3 Å². The van der Waals surface area contributed by atoms with Crippen LogP contribution in [0.25, 0.3) is 11.6 Å². The van der Waals surface area contributed by atoms with Gasteiger partial charge in [0, 0.05) is 22.6 Å². The van der Waals surface area contributed by atoms with Gasteiger partial charge in [-0.25, -0.2) is 0 Å². The van der Waals surface area contributed by atoms with Crippen molar-refractivity contribution >= 4 is 23.2 Å². The van der Waals surface area contributed by atoms with Gasteiger partial charge in [-0.3, -0.25) is 4.79 Å². The first-order chi connectivity index (χ1) is 10.1. The van der Waals surface area contributed by atoms with Gasteiger partial charge in [-0.15, -0.1) is 0 Å². The highest BCUT2D eigenvalue weighted by Crippen LogP contribution is 2.35. The van der Waals surface area contributed by atoms with Gasteiger partial charge in [-0.2, -0.15) is 0 Å². The van der Waals surface area contributed by atoms with Crippen molar-refractivity contribution in [1.82, 2.24) is 4.98 Å². The first-order valence-corrected chi connectivity index (χ1v) is 7.35. The van der Waals surface area contributed by atoms with Crippen LogP contribution in [0, 0.1) is 20.8 Å². The lowest BCUT2D eigenvalue weighted by molar-refractivity contribution is -0.110. The molecule has 0 saturated carbocycles. The topological polar surface area (TPSA) is 44.9 Å². The summed E-state index contributed by atoms with van der Waals surface area (Å²) in [5.74, 6) is -0.0315. The first-order valence-electron chi connectivity index (χ1n) is 7.35. The van der Waals surface area contributed by atoms with E-state index < -0.39 is 0 Å². The number of amides is 1. The Labute approximate surface area is 126 Å². The molecule has 3 heteroatoms. The van der Waals surface area contributed by atoms with Gasteiger partial charge in [0.05, 0.1) is 5.57 Å². The molecule has 0 atom stereocenters. The number of aromatic nitrogens is 1. The third-order valence-corrected chi connectivity index (χ3v) is 3.51. The van der Waals surface area contributed by atoms with E-state index >= 15 is 0 Å². The van der Waals surface area contributed by atoms with Crippen LogP contribution in [-0.4, -0.2) is 10.9 Å². The Hall–Kier alpha value is -2.29. The SMILES string of the molecule is CC.Cc1cc(C)c(/C=C2\C(=O)Nc3cccc(C)c32)[nH]1. The largest absolute Gasteiger partial charge is 0.359 e. The van der Waals surface area contributed by atoms with Gasteiger partial charge in [-0.05, 0) is 50.1 Å². The number of rotatable bonds is 1. The number of nitrogens with one attached hydrogen (secondary N) is 2. The summed E-state index contributed by atoms with van der Waals surface area (Å²) in [6.45, 7) is 10.1. The molecule has 0 radical (unpaired) electrons. The number of carbonyl (C=O) groups is 1. The molecule has 0 fully saturated rings. The van der Waals surface area contributed by atoms with E-state index in [0.29, 0.717) is 0 Å². The zero-order chi connectivity index (χ0) is 15.6. The molecule has 0 bridgehead atoms. The fourth-order valence-electron chi connectivity index (χ4n) is 2.61. The summed E-state index contributed by atoms with van der Waals surface area (Å²) in [7, 11) is 0. The number of H-pyrrole nitrogens is 1. The molecule has 1 aliphatic heterocycles. The second-order valence-corrected chi connectivity index (χ2v) is 5.06. The zero-order valence-corrected chi connectivity index (χ0v) is 13.3. The van der Waals surface area contributed by atoms with Gasteiger partial charge >= 0.3 is 0 Å². The lowest BCUT2D eigenvalue weighted by Crippen LogP contribution is -2.03. The number of benzene rings is 1. The number of aryl methyl sites for hydroxylation is 3. The van der Waals surface area contributed by atoms with Crippen LogP contribution >= 0.6 is 0 Å². The minimum atomic E-state index is -0.0315. The van der Waals surface area contributed by atoms with Gasteiger partial charge in [0.25, 0.3) is 5.91 Å². The molecule has 21 heavy (non-hydrogen) atoms. The van der Waals surface area contributed by atoms with Gasteiger partial charge in [0.2, 0.25) is 0 Å². The van der Waals surface area contributed by atoms with Gasteiger partial charge in [0.15, 0.2) is 0 Å². The van der Waals surface area contributed by atoms with Crippen LogP contribution in [0.5, 0.6) is 0 Å². The Morgan fingerprint density at radius 3 is 2.38 bits per heavy atom. The molecule has 1 aliphatic rings. The quantitative estimate of drug-likeness (QED) is 0.745. The maximum absolute atomic E-state index is 12.1. The van der Waals surface area contributed by atoms with Crippen molar-refractivity contribution in [3.8, 4) is 0 Å². The van der Waals surface area contributed by atoms with Crippen LogP contribution in [0.4, 0.5) is 5.69 Å².